The first-order valence-electron chi connectivity index (χ1n) is 4.27. The first kappa shape index (κ1) is 10.2. The van der Waals surface area contributed by atoms with Crippen LogP contribution in [-0.4, -0.2) is 6.54 Å². The van der Waals surface area contributed by atoms with Gasteiger partial charge in [-0.3, -0.25) is 0 Å². The highest BCUT2D eigenvalue weighted by atomic mass is 79.9. The van der Waals surface area contributed by atoms with Crippen LogP contribution in [-0.2, 0) is 6.54 Å². The topological polar surface area (TPSA) is 12.0 Å². The lowest BCUT2D eigenvalue weighted by Crippen LogP contribution is -2.13. The van der Waals surface area contributed by atoms with Crippen LogP contribution in [0.3, 0.4) is 0 Å². The van der Waals surface area contributed by atoms with Crippen molar-refractivity contribution in [2.24, 2.45) is 0 Å². The third kappa shape index (κ3) is 3.25. The number of nitrogens with one attached hydrogen (secondary N) is 1. The molecule has 0 aliphatic carbocycles. The zero-order valence-corrected chi connectivity index (χ0v) is 9.67. The number of hydrogen-bond donors (Lipinski definition) is 1. The van der Waals surface area contributed by atoms with Gasteiger partial charge in [0.25, 0.3) is 0 Å². The van der Waals surface area contributed by atoms with Crippen molar-refractivity contribution in [3.8, 4) is 0 Å². The van der Waals surface area contributed by atoms with Crippen molar-refractivity contribution in [2.75, 3.05) is 6.54 Å². The van der Waals surface area contributed by atoms with Crippen LogP contribution in [0, 0.1) is 0 Å². The van der Waals surface area contributed by atoms with E-state index in [9.17, 15) is 0 Å². The maximum Gasteiger partial charge on any atom is 0.0327 e. The lowest BCUT2D eigenvalue weighted by molar-refractivity contribution is 0.645. The predicted octanol–water partition coefficient (Wildman–Crippen LogP) is 3.40. The van der Waals surface area contributed by atoms with Gasteiger partial charge in [0.1, 0.15) is 0 Å². The lowest BCUT2D eigenvalue weighted by Gasteiger charge is -2.01. The average Bonchev–Trinajstić information content (AvgIpc) is 2.46. The van der Waals surface area contributed by atoms with E-state index in [0.29, 0.717) is 0 Å². The third-order valence-corrected chi connectivity index (χ3v) is 3.61. The molecule has 0 saturated heterocycles. The molecule has 0 saturated carbocycles. The van der Waals surface area contributed by atoms with E-state index >= 15 is 0 Å². The molecule has 0 aliphatic rings. The summed E-state index contributed by atoms with van der Waals surface area (Å²) in [6, 6.07) is 2.10. The van der Waals surface area contributed by atoms with Crippen LogP contribution in [0.2, 0.25) is 0 Å². The Morgan fingerprint density at radius 3 is 3.00 bits per heavy atom. The molecule has 1 heterocycles. The van der Waals surface area contributed by atoms with Crippen LogP contribution in [0.4, 0.5) is 0 Å². The Bertz CT molecular complexity index is 222. The summed E-state index contributed by atoms with van der Waals surface area (Å²) in [5.41, 5.74) is 0. The number of unbranched alkanes of at least 4 members (excludes halogenated alkanes) is 1. The van der Waals surface area contributed by atoms with Gasteiger partial charge in [-0.15, -0.1) is 11.3 Å². The number of thiophene rings is 1. The Morgan fingerprint density at radius 1 is 1.58 bits per heavy atom. The van der Waals surface area contributed by atoms with E-state index < -0.39 is 0 Å². The van der Waals surface area contributed by atoms with Gasteiger partial charge in [0.2, 0.25) is 0 Å². The zero-order chi connectivity index (χ0) is 8.81. The van der Waals surface area contributed by atoms with Crippen molar-refractivity contribution in [2.45, 2.75) is 26.3 Å². The van der Waals surface area contributed by atoms with Crippen LogP contribution in [0.25, 0.3) is 0 Å². The molecule has 0 radical (unpaired) electrons. The van der Waals surface area contributed by atoms with Gasteiger partial charge in [0, 0.05) is 15.9 Å². The van der Waals surface area contributed by atoms with Gasteiger partial charge in [0.05, 0.1) is 0 Å². The molecule has 0 amide bonds. The molecule has 1 nitrogen and oxygen atoms in total. The van der Waals surface area contributed by atoms with E-state index in [2.05, 4.69) is 39.6 Å². The number of hydrogen-bond acceptors (Lipinski definition) is 2. The maximum absolute atomic E-state index is 3.51. The molecule has 0 unspecified atom stereocenters. The first-order chi connectivity index (χ1) is 5.84. The first-order valence-corrected chi connectivity index (χ1v) is 5.94. The molecule has 3 heteroatoms. The van der Waals surface area contributed by atoms with Crippen LogP contribution in [0.15, 0.2) is 15.9 Å². The Morgan fingerprint density at radius 2 is 2.42 bits per heavy atom. The summed E-state index contributed by atoms with van der Waals surface area (Å²) in [6.07, 6.45) is 2.53. The van der Waals surface area contributed by atoms with Gasteiger partial charge < -0.3 is 5.32 Å². The molecule has 0 spiro atoms. The summed E-state index contributed by atoms with van der Waals surface area (Å²) in [4.78, 5) is 1.39. The second-order valence-electron chi connectivity index (χ2n) is 2.72. The van der Waals surface area contributed by atoms with Crippen molar-refractivity contribution in [1.82, 2.24) is 5.32 Å². The summed E-state index contributed by atoms with van der Waals surface area (Å²) in [5, 5.41) is 5.52. The minimum absolute atomic E-state index is 0.998. The second-order valence-corrected chi connectivity index (χ2v) is 4.58. The van der Waals surface area contributed by atoms with Gasteiger partial charge in [-0.2, -0.15) is 0 Å². The van der Waals surface area contributed by atoms with E-state index in [1.54, 1.807) is 11.3 Å². The van der Waals surface area contributed by atoms with E-state index in [4.69, 9.17) is 0 Å². The van der Waals surface area contributed by atoms with Gasteiger partial charge >= 0.3 is 0 Å². The molecule has 0 atom stereocenters. The Labute approximate surface area is 86.3 Å². The lowest BCUT2D eigenvalue weighted by atomic mass is 10.3. The molecule has 0 aromatic carbocycles. The molecule has 1 N–H and O–H groups in total. The normalized spacial score (nSPS) is 10.5. The van der Waals surface area contributed by atoms with Crippen molar-refractivity contribution >= 4 is 27.3 Å². The quantitative estimate of drug-likeness (QED) is 0.787. The van der Waals surface area contributed by atoms with Crippen LogP contribution in [0.1, 0.15) is 24.6 Å². The molecule has 12 heavy (non-hydrogen) atoms. The van der Waals surface area contributed by atoms with Gasteiger partial charge in [-0.25, -0.2) is 0 Å². The molecular formula is C9H14BrNS. The SMILES string of the molecule is CCCCNCc1sccc1Br. The van der Waals surface area contributed by atoms with E-state index in [-0.39, 0.29) is 0 Å². The van der Waals surface area contributed by atoms with Crippen molar-refractivity contribution in [1.29, 1.82) is 0 Å². The van der Waals surface area contributed by atoms with Crippen LogP contribution >= 0.6 is 27.3 Å². The van der Waals surface area contributed by atoms with Gasteiger partial charge in [0.15, 0.2) is 0 Å². The fourth-order valence-electron chi connectivity index (χ4n) is 0.955. The molecule has 0 bridgehead atoms. The largest absolute Gasteiger partial charge is 0.312 e. The minimum Gasteiger partial charge on any atom is -0.312 e. The van der Waals surface area contributed by atoms with Gasteiger partial charge in [-0.1, -0.05) is 13.3 Å². The second kappa shape index (κ2) is 5.73. The molecule has 1 rings (SSSR count). The summed E-state index contributed by atoms with van der Waals surface area (Å²) in [6.45, 7) is 4.34. The molecule has 0 aliphatic heterocycles. The molecule has 1 aromatic heterocycles. The van der Waals surface area contributed by atoms with E-state index in [1.165, 1.54) is 22.2 Å². The summed E-state index contributed by atoms with van der Waals surface area (Å²) in [7, 11) is 0. The van der Waals surface area contributed by atoms with Crippen LogP contribution in [0.5, 0.6) is 0 Å². The van der Waals surface area contributed by atoms with Gasteiger partial charge in [-0.05, 0) is 40.3 Å². The summed E-state index contributed by atoms with van der Waals surface area (Å²) < 4.78 is 1.23. The smallest absolute Gasteiger partial charge is 0.0327 e. The fraction of sp³-hybridized carbons (Fsp3) is 0.556. The Hall–Kier alpha value is 0.140. The molecule has 0 fully saturated rings. The van der Waals surface area contributed by atoms with Crippen molar-refractivity contribution in [3.63, 3.8) is 0 Å². The highest BCUT2D eigenvalue weighted by molar-refractivity contribution is 9.10. The average molecular weight is 248 g/mol. The summed E-state index contributed by atoms with van der Waals surface area (Å²) >= 11 is 5.30. The Kier molecular flexibility index (Phi) is 4.88. The third-order valence-electron chi connectivity index (χ3n) is 1.68. The minimum atomic E-state index is 0.998. The highest BCUT2D eigenvalue weighted by Gasteiger charge is 1.98. The molecule has 68 valence electrons. The van der Waals surface area contributed by atoms with E-state index in [0.717, 1.165) is 13.1 Å². The van der Waals surface area contributed by atoms with E-state index in [1.807, 2.05) is 0 Å². The Balaban J connectivity index is 2.20. The fourth-order valence-corrected chi connectivity index (χ4v) is 2.42. The van der Waals surface area contributed by atoms with Crippen molar-refractivity contribution in [3.05, 3.63) is 20.8 Å². The molecule has 1 aromatic rings. The standard InChI is InChI=1S/C9H14BrNS/c1-2-3-5-11-7-9-8(10)4-6-12-9/h4,6,11H,2-3,5,7H2,1H3. The molecular weight excluding hydrogens is 234 g/mol. The number of rotatable bonds is 5. The monoisotopic (exact) mass is 247 g/mol. The van der Waals surface area contributed by atoms with Crippen molar-refractivity contribution < 1.29 is 0 Å². The predicted molar refractivity (Wildman–Crippen MR) is 58.6 cm³/mol. The maximum atomic E-state index is 3.51. The summed E-state index contributed by atoms with van der Waals surface area (Å²) in [5.74, 6) is 0. The zero-order valence-electron chi connectivity index (χ0n) is 7.27. The number of halogens is 1. The van der Waals surface area contributed by atoms with Crippen LogP contribution < -0.4 is 5.32 Å². The highest BCUT2D eigenvalue weighted by Crippen LogP contribution is 2.21.